The number of amides is 1. The van der Waals surface area contributed by atoms with Gasteiger partial charge in [-0.3, -0.25) is 4.90 Å². The summed E-state index contributed by atoms with van der Waals surface area (Å²) in [5.41, 5.74) is 11.2. The van der Waals surface area contributed by atoms with Crippen LogP contribution in [0.2, 0.25) is 0 Å². The van der Waals surface area contributed by atoms with Crippen molar-refractivity contribution in [3.05, 3.63) is 95.8 Å². The lowest BCUT2D eigenvalue weighted by Gasteiger charge is -2.43. The number of phenols is 1. The Balaban J connectivity index is 0.973. The average Bonchev–Trinajstić information content (AvgIpc) is 3.35. The number of ether oxygens (including phenoxy) is 1. The van der Waals surface area contributed by atoms with Gasteiger partial charge in [0.05, 0.1) is 11.4 Å². The molecule has 0 aliphatic carbocycles. The summed E-state index contributed by atoms with van der Waals surface area (Å²) in [6.45, 7) is 5.54. The standard InChI is InChI=1S/C35H38FN7O3/c36-26-9-12-33(44)30(18-26)31-19-32(34(37)39-38-31)42-21-28-10-11-29(22-42)43(28)27-8-4-7-25(17-27)20-40-13-15-41(16-14-40)35(45)46-23-24-5-2-1-3-6-24/h1-9,12,17-19,28-29,44H,10-11,13-16,20-23H2,(H2,37,39). The van der Waals surface area contributed by atoms with E-state index >= 15 is 0 Å². The molecule has 2 unspecified atom stereocenters. The average molecular weight is 624 g/mol. The van der Waals surface area contributed by atoms with Crippen LogP contribution in [-0.2, 0) is 17.9 Å². The monoisotopic (exact) mass is 623 g/mol. The number of aromatic hydroxyl groups is 1. The summed E-state index contributed by atoms with van der Waals surface area (Å²) in [6.07, 6.45) is 1.89. The van der Waals surface area contributed by atoms with Gasteiger partial charge in [-0.2, -0.15) is 0 Å². The van der Waals surface area contributed by atoms with E-state index in [1.165, 1.54) is 29.4 Å². The molecule has 3 N–H and O–H groups in total. The number of rotatable bonds is 7. The van der Waals surface area contributed by atoms with Crippen LogP contribution >= 0.6 is 0 Å². The zero-order chi connectivity index (χ0) is 31.6. The van der Waals surface area contributed by atoms with Crippen molar-refractivity contribution in [3.8, 4) is 17.0 Å². The molecule has 0 saturated carbocycles. The Hall–Kier alpha value is -4.90. The lowest BCUT2D eigenvalue weighted by atomic mass is 10.1. The Morgan fingerprint density at radius 2 is 1.63 bits per heavy atom. The number of aromatic nitrogens is 2. The number of carbonyl (C=O) groups excluding carboxylic acids is 1. The first-order chi connectivity index (χ1) is 22.4. The highest BCUT2D eigenvalue weighted by Gasteiger charge is 2.41. The molecule has 0 spiro atoms. The molecular weight excluding hydrogens is 585 g/mol. The van der Waals surface area contributed by atoms with Crippen LogP contribution in [0.5, 0.6) is 5.75 Å². The van der Waals surface area contributed by atoms with Crippen LogP contribution in [0.3, 0.4) is 0 Å². The van der Waals surface area contributed by atoms with Crippen LogP contribution in [0.15, 0.2) is 78.9 Å². The molecule has 3 saturated heterocycles. The molecular formula is C35H38FN7O3. The number of fused-ring (bicyclic) bond motifs is 2. The summed E-state index contributed by atoms with van der Waals surface area (Å²) in [5, 5.41) is 18.6. The summed E-state index contributed by atoms with van der Waals surface area (Å²) in [5.74, 6) is -0.193. The van der Waals surface area contributed by atoms with Gasteiger partial charge in [-0.25, -0.2) is 9.18 Å². The van der Waals surface area contributed by atoms with Gasteiger partial charge in [0.2, 0.25) is 0 Å². The lowest BCUT2D eigenvalue weighted by molar-refractivity contribution is 0.0700. The van der Waals surface area contributed by atoms with E-state index in [0.717, 1.165) is 56.8 Å². The number of halogens is 1. The minimum atomic E-state index is -0.455. The molecule has 7 rings (SSSR count). The van der Waals surface area contributed by atoms with Crippen LogP contribution < -0.4 is 15.5 Å². The first-order valence-electron chi connectivity index (χ1n) is 15.8. The predicted octanol–water partition coefficient (Wildman–Crippen LogP) is 4.88. The van der Waals surface area contributed by atoms with Gasteiger partial charge in [0.15, 0.2) is 5.82 Å². The third-order valence-electron chi connectivity index (χ3n) is 9.31. The number of hydrogen-bond acceptors (Lipinski definition) is 9. The summed E-state index contributed by atoms with van der Waals surface area (Å²) in [6, 6.07) is 24.7. The Labute approximate surface area is 267 Å². The highest BCUT2D eigenvalue weighted by Crippen LogP contribution is 2.39. The highest BCUT2D eigenvalue weighted by molar-refractivity contribution is 5.74. The van der Waals surface area contributed by atoms with E-state index in [0.29, 0.717) is 36.7 Å². The fourth-order valence-electron chi connectivity index (χ4n) is 6.98. The largest absolute Gasteiger partial charge is 0.507 e. The molecule has 10 nitrogen and oxygen atoms in total. The highest BCUT2D eigenvalue weighted by atomic mass is 19.1. The molecule has 4 heterocycles. The number of nitrogen functional groups attached to an aromatic ring is 1. The van der Waals surface area contributed by atoms with Crippen LogP contribution in [0.1, 0.15) is 24.0 Å². The molecule has 4 aromatic rings. The fraction of sp³-hybridized carbons (Fsp3) is 0.343. The molecule has 0 radical (unpaired) electrons. The fourth-order valence-corrected chi connectivity index (χ4v) is 6.98. The Morgan fingerprint density at radius 3 is 2.39 bits per heavy atom. The van der Waals surface area contributed by atoms with Gasteiger partial charge >= 0.3 is 6.09 Å². The normalized spacial score (nSPS) is 19.8. The van der Waals surface area contributed by atoms with E-state index in [4.69, 9.17) is 10.5 Å². The van der Waals surface area contributed by atoms with Gasteiger partial charge in [-0.05, 0) is 60.4 Å². The molecule has 1 aromatic heterocycles. The topological polar surface area (TPSA) is 111 Å². The Morgan fingerprint density at radius 1 is 0.891 bits per heavy atom. The second-order valence-electron chi connectivity index (χ2n) is 12.3. The lowest BCUT2D eigenvalue weighted by Crippen LogP contribution is -2.54. The zero-order valence-electron chi connectivity index (χ0n) is 25.6. The Bertz CT molecular complexity index is 1690. The molecule has 3 aliphatic heterocycles. The molecule has 3 aromatic carbocycles. The van der Waals surface area contributed by atoms with Crippen molar-refractivity contribution >= 4 is 23.3 Å². The minimum Gasteiger partial charge on any atom is -0.507 e. The SMILES string of the molecule is Nc1nnc(-c2cc(F)ccc2O)cc1N1CC2CCC(C1)N2c1cccc(CN2CCN(C(=O)OCc3ccccc3)CC2)c1. The predicted molar refractivity (Wildman–Crippen MR) is 175 cm³/mol. The molecule has 3 fully saturated rings. The number of benzene rings is 3. The molecule has 2 bridgehead atoms. The van der Waals surface area contributed by atoms with Crippen molar-refractivity contribution in [2.24, 2.45) is 0 Å². The number of nitrogens with zero attached hydrogens (tertiary/aromatic N) is 6. The van der Waals surface area contributed by atoms with Crippen molar-refractivity contribution in [1.29, 1.82) is 0 Å². The van der Waals surface area contributed by atoms with Crippen LogP contribution in [0.4, 0.5) is 26.4 Å². The maximum Gasteiger partial charge on any atom is 0.410 e. The number of phenolic OH excluding ortho intramolecular Hbond substituents is 1. The van der Waals surface area contributed by atoms with E-state index in [9.17, 15) is 14.3 Å². The van der Waals surface area contributed by atoms with E-state index in [1.54, 1.807) is 11.0 Å². The number of hydrogen-bond donors (Lipinski definition) is 2. The van der Waals surface area contributed by atoms with Gasteiger partial charge in [0.25, 0.3) is 0 Å². The molecule has 46 heavy (non-hydrogen) atoms. The van der Waals surface area contributed by atoms with Gasteiger partial charge in [0.1, 0.15) is 18.2 Å². The molecule has 2 atom stereocenters. The summed E-state index contributed by atoms with van der Waals surface area (Å²) >= 11 is 0. The van der Waals surface area contributed by atoms with Crippen molar-refractivity contribution in [1.82, 2.24) is 20.0 Å². The molecule has 1 amide bonds. The number of piperazine rings is 2. The number of carbonyl (C=O) groups is 1. The number of nitrogens with two attached hydrogens (primary N) is 1. The van der Waals surface area contributed by atoms with Crippen molar-refractivity contribution in [2.75, 3.05) is 54.8 Å². The first kappa shape index (κ1) is 29.8. The van der Waals surface area contributed by atoms with E-state index in [1.807, 2.05) is 30.3 Å². The van der Waals surface area contributed by atoms with Gasteiger partial charge < -0.3 is 30.3 Å². The third-order valence-corrected chi connectivity index (χ3v) is 9.31. The van der Waals surface area contributed by atoms with Crippen molar-refractivity contribution < 1.29 is 19.0 Å². The Kier molecular flexibility index (Phi) is 8.32. The molecule has 238 valence electrons. The van der Waals surface area contributed by atoms with Gasteiger partial charge in [-0.1, -0.05) is 42.5 Å². The van der Waals surface area contributed by atoms with Gasteiger partial charge in [0, 0.05) is 69.1 Å². The molecule has 3 aliphatic rings. The van der Waals surface area contributed by atoms with E-state index in [2.05, 4.69) is 49.2 Å². The second-order valence-corrected chi connectivity index (χ2v) is 12.3. The van der Waals surface area contributed by atoms with Crippen LogP contribution in [0.25, 0.3) is 11.3 Å². The number of anilines is 3. The zero-order valence-corrected chi connectivity index (χ0v) is 25.6. The summed E-state index contributed by atoms with van der Waals surface area (Å²) in [7, 11) is 0. The molecule has 11 heteroatoms. The van der Waals surface area contributed by atoms with Gasteiger partial charge in [-0.15, -0.1) is 10.2 Å². The van der Waals surface area contributed by atoms with Crippen LogP contribution in [0, 0.1) is 5.82 Å². The van der Waals surface area contributed by atoms with Crippen molar-refractivity contribution in [2.45, 2.75) is 38.1 Å². The first-order valence-corrected chi connectivity index (χ1v) is 15.8. The maximum absolute atomic E-state index is 13.9. The quantitative estimate of drug-likeness (QED) is 0.298. The van der Waals surface area contributed by atoms with Crippen molar-refractivity contribution in [3.63, 3.8) is 0 Å². The second kappa shape index (κ2) is 12.8. The summed E-state index contributed by atoms with van der Waals surface area (Å²) in [4.78, 5) is 21.6. The van der Waals surface area contributed by atoms with Crippen LogP contribution in [-0.4, -0.2) is 82.5 Å². The van der Waals surface area contributed by atoms with E-state index < -0.39 is 5.82 Å². The third kappa shape index (κ3) is 6.28. The summed E-state index contributed by atoms with van der Waals surface area (Å²) < 4.78 is 19.5. The minimum absolute atomic E-state index is 0.0561. The van der Waals surface area contributed by atoms with E-state index in [-0.39, 0.29) is 24.0 Å². The smallest absolute Gasteiger partial charge is 0.410 e. The maximum atomic E-state index is 13.9.